The Morgan fingerprint density at radius 2 is 2.15 bits per heavy atom. The third-order valence-electron chi connectivity index (χ3n) is 2.95. The van der Waals surface area contributed by atoms with Gasteiger partial charge in [-0.05, 0) is 30.7 Å². The summed E-state index contributed by atoms with van der Waals surface area (Å²) in [6.07, 6.45) is -1.11. The number of rotatable bonds is 3. The summed E-state index contributed by atoms with van der Waals surface area (Å²) in [4.78, 5) is 11.1. The van der Waals surface area contributed by atoms with Crippen molar-refractivity contribution in [3.05, 3.63) is 33.9 Å². The Kier molecular flexibility index (Phi) is 3.69. The van der Waals surface area contributed by atoms with E-state index in [1.165, 1.54) is 6.07 Å². The Bertz CT molecular complexity index is 599. The van der Waals surface area contributed by atoms with E-state index in [2.05, 4.69) is 0 Å². The first-order valence-corrected chi connectivity index (χ1v) is 5.99. The van der Waals surface area contributed by atoms with E-state index in [0.717, 1.165) is 6.08 Å². The molecule has 108 valence electrons. The molecule has 0 radical (unpaired) electrons. The van der Waals surface area contributed by atoms with E-state index in [9.17, 15) is 18.0 Å². The van der Waals surface area contributed by atoms with Crippen molar-refractivity contribution in [2.24, 2.45) is 0 Å². The highest BCUT2D eigenvalue weighted by molar-refractivity contribution is 6.30. The molecule has 0 saturated heterocycles. The predicted octanol–water partition coefficient (Wildman–Crippen LogP) is 3.48. The van der Waals surface area contributed by atoms with Crippen LogP contribution in [0.3, 0.4) is 0 Å². The van der Waals surface area contributed by atoms with Crippen molar-refractivity contribution in [1.29, 1.82) is 0 Å². The SMILES string of the molecule is Cc1cc(Cl)cc2c1C=C(C(=O)O)C(C(F)(F)CF)O2. The highest BCUT2D eigenvalue weighted by Crippen LogP contribution is 2.39. The molecule has 2 rings (SSSR count). The third kappa shape index (κ3) is 2.47. The maximum Gasteiger partial charge on any atom is 0.335 e. The molecule has 1 heterocycles. The number of benzene rings is 1. The highest BCUT2D eigenvalue weighted by atomic mass is 35.5. The summed E-state index contributed by atoms with van der Waals surface area (Å²) in [5, 5.41) is 9.27. The summed E-state index contributed by atoms with van der Waals surface area (Å²) in [5.74, 6) is -5.50. The Morgan fingerprint density at radius 1 is 1.50 bits per heavy atom. The minimum absolute atomic E-state index is 0.0122. The summed E-state index contributed by atoms with van der Waals surface area (Å²) < 4.78 is 44.5. The molecule has 0 amide bonds. The van der Waals surface area contributed by atoms with Crippen LogP contribution in [0.1, 0.15) is 11.1 Å². The van der Waals surface area contributed by atoms with Gasteiger partial charge in [-0.15, -0.1) is 0 Å². The van der Waals surface area contributed by atoms with Crippen LogP contribution in [0.5, 0.6) is 5.75 Å². The first-order valence-electron chi connectivity index (χ1n) is 5.61. The molecule has 1 aromatic rings. The van der Waals surface area contributed by atoms with Crippen molar-refractivity contribution in [2.45, 2.75) is 19.0 Å². The Morgan fingerprint density at radius 3 is 2.70 bits per heavy atom. The van der Waals surface area contributed by atoms with Gasteiger partial charge in [0.2, 0.25) is 0 Å². The summed E-state index contributed by atoms with van der Waals surface area (Å²) >= 11 is 5.80. The van der Waals surface area contributed by atoms with Crippen molar-refractivity contribution < 1.29 is 27.8 Å². The first-order chi connectivity index (χ1) is 9.26. The molecule has 0 aromatic heterocycles. The highest BCUT2D eigenvalue weighted by Gasteiger charge is 2.48. The van der Waals surface area contributed by atoms with Crippen molar-refractivity contribution in [1.82, 2.24) is 0 Å². The van der Waals surface area contributed by atoms with Crippen LogP contribution in [0.4, 0.5) is 13.2 Å². The van der Waals surface area contributed by atoms with E-state index in [1.54, 1.807) is 13.0 Å². The summed E-state index contributed by atoms with van der Waals surface area (Å²) in [6, 6.07) is 2.84. The van der Waals surface area contributed by atoms with Gasteiger partial charge < -0.3 is 9.84 Å². The maximum absolute atomic E-state index is 13.5. The van der Waals surface area contributed by atoms with E-state index in [0.29, 0.717) is 11.1 Å². The molecule has 0 aliphatic carbocycles. The topological polar surface area (TPSA) is 46.5 Å². The molecule has 0 fully saturated rings. The minimum atomic E-state index is -3.93. The summed E-state index contributed by atoms with van der Waals surface area (Å²) in [6.45, 7) is -0.380. The van der Waals surface area contributed by atoms with Crippen molar-refractivity contribution in [3.8, 4) is 5.75 Å². The van der Waals surface area contributed by atoms with Crippen LogP contribution >= 0.6 is 11.6 Å². The van der Waals surface area contributed by atoms with Crippen LogP contribution in [-0.2, 0) is 4.79 Å². The monoisotopic (exact) mass is 306 g/mol. The average Bonchev–Trinajstić information content (AvgIpc) is 2.37. The zero-order valence-electron chi connectivity index (χ0n) is 10.3. The first kappa shape index (κ1) is 14.7. The molecule has 20 heavy (non-hydrogen) atoms. The largest absolute Gasteiger partial charge is 0.478 e. The number of carboxylic acid groups (broad SMARTS) is 1. The van der Waals surface area contributed by atoms with Crippen LogP contribution < -0.4 is 4.74 Å². The summed E-state index contributed by atoms with van der Waals surface area (Å²) in [7, 11) is 0. The lowest BCUT2D eigenvalue weighted by Gasteiger charge is -2.30. The molecule has 0 saturated carbocycles. The van der Waals surface area contributed by atoms with Gasteiger partial charge in [0.25, 0.3) is 0 Å². The molecule has 1 aliphatic rings. The molecule has 1 unspecified atom stereocenters. The van der Waals surface area contributed by atoms with E-state index in [1.807, 2.05) is 0 Å². The molecule has 1 aliphatic heterocycles. The van der Waals surface area contributed by atoms with E-state index in [4.69, 9.17) is 21.4 Å². The second kappa shape index (κ2) is 5.01. The lowest BCUT2D eigenvalue weighted by atomic mass is 9.95. The number of hydrogen-bond donors (Lipinski definition) is 1. The van der Waals surface area contributed by atoms with Gasteiger partial charge in [0.15, 0.2) is 12.8 Å². The number of carbonyl (C=O) groups is 1. The molecular formula is C13H10ClF3O3. The fourth-order valence-corrected chi connectivity index (χ4v) is 2.25. The fourth-order valence-electron chi connectivity index (χ4n) is 1.99. The lowest BCUT2D eigenvalue weighted by Crippen LogP contribution is -2.44. The van der Waals surface area contributed by atoms with Crippen molar-refractivity contribution >= 4 is 23.6 Å². The van der Waals surface area contributed by atoms with Crippen molar-refractivity contribution in [3.63, 3.8) is 0 Å². The maximum atomic E-state index is 13.5. The van der Waals surface area contributed by atoms with Crippen LogP contribution in [-0.4, -0.2) is 29.8 Å². The Balaban J connectivity index is 2.59. The molecule has 0 spiro atoms. The standard InChI is InChI=1S/C13H10ClF3O3/c1-6-2-7(14)3-10-8(6)4-9(12(18)19)11(20-10)13(16,17)5-15/h2-4,11H,5H2,1H3,(H,18,19). The number of carboxylic acids is 1. The molecule has 1 aromatic carbocycles. The quantitative estimate of drug-likeness (QED) is 0.930. The minimum Gasteiger partial charge on any atom is -0.478 e. The number of aliphatic carboxylic acids is 1. The molecule has 3 nitrogen and oxygen atoms in total. The fraction of sp³-hybridized carbons (Fsp3) is 0.308. The second-order valence-corrected chi connectivity index (χ2v) is 4.87. The molecule has 7 heteroatoms. The third-order valence-corrected chi connectivity index (χ3v) is 3.17. The average molecular weight is 307 g/mol. The number of ether oxygens (including phenoxy) is 1. The Labute approximate surface area is 117 Å². The number of fused-ring (bicyclic) bond motifs is 1. The van der Waals surface area contributed by atoms with E-state index >= 15 is 0 Å². The predicted molar refractivity (Wildman–Crippen MR) is 67.1 cm³/mol. The number of halogens is 4. The Hall–Kier alpha value is -1.69. The van der Waals surface area contributed by atoms with Crippen molar-refractivity contribution in [2.75, 3.05) is 6.67 Å². The number of hydrogen-bond acceptors (Lipinski definition) is 2. The van der Waals surface area contributed by atoms with Gasteiger partial charge in [0.1, 0.15) is 5.75 Å². The molecule has 1 N–H and O–H groups in total. The number of aryl methyl sites for hydroxylation is 1. The van der Waals surface area contributed by atoms with E-state index < -0.39 is 30.2 Å². The summed E-state index contributed by atoms with van der Waals surface area (Å²) in [5.41, 5.74) is 0.233. The smallest absolute Gasteiger partial charge is 0.335 e. The van der Waals surface area contributed by atoms with Crippen LogP contribution in [0, 0.1) is 6.92 Å². The lowest BCUT2D eigenvalue weighted by molar-refractivity contribution is -0.139. The van der Waals surface area contributed by atoms with Gasteiger partial charge in [0.05, 0.1) is 5.57 Å². The van der Waals surface area contributed by atoms with Gasteiger partial charge in [-0.3, -0.25) is 0 Å². The zero-order valence-corrected chi connectivity index (χ0v) is 11.0. The molecule has 1 atom stereocenters. The van der Waals surface area contributed by atoms with Gasteiger partial charge in [0, 0.05) is 10.6 Å². The van der Waals surface area contributed by atoms with Gasteiger partial charge in [-0.2, -0.15) is 8.78 Å². The van der Waals surface area contributed by atoms with Crippen LogP contribution in [0.2, 0.25) is 5.02 Å². The van der Waals surface area contributed by atoms with E-state index in [-0.39, 0.29) is 10.8 Å². The van der Waals surface area contributed by atoms with Gasteiger partial charge in [-0.25, -0.2) is 9.18 Å². The van der Waals surface area contributed by atoms with Crippen LogP contribution in [0.25, 0.3) is 6.08 Å². The molecule has 0 bridgehead atoms. The normalized spacial score (nSPS) is 18.1. The van der Waals surface area contributed by atoms with Crippen LogP contribution in [0.15, 0.2) is 17.7 Å². The number of alkyl halides is 3. The zero-order chi connectivity index (χ0) is 15.1. The second-order valence-electron chi connectivity index (χ2n) is 4.43. The molecular weight excluding hydrogens is 297 g/mol. The van der Waals surface area contributed by atoms with Gasteiger partial charge >= 0.3 is 11.9 Å². The van der Waals surface area contributed by atoms with Gasteiger partial charge in [-0.1, -0.05) is 11.6 Å².